The molecule has 0 bridgehead atoms. The zero-order chi connectivity index (χ0) is 29.5. The number of hydrogen-bond acceptors (Lipinski definition) is 8. The summed E-state index contributed by atoms with van der Waals surface area (Å²) in [5, 5.41) is 15.3. The Balaban J connectivity index is 1.30. The Hall–Kier alpha value is -4.03. The Morgan fingerprint density at radius 1 is 1.07 bits per heavy atom. The minimum absolute atomic E-state index is 0.0351. The van der Waals surface area contributed by atoms with Crippen molar-refractivity contribution in [1.82, 2.24) is 20.1 Å². The number of rotatable bonds is 11. The molecule has 218 valence electrons. The van der Waals surface area contributed by atoms with Crippen molar-refractivity contribution in [1.29, 1.82) is 0 Å². The lowest BCUT2D eigenvalue weighted by molar-refractivity contribution is -0.113. The minimum Gasteiger partial charge on any atom is -0.462 e. The summed E-state index contributed by atoms with van der Waals surface area (Å²) in [6.07, 6.45) is 3.74. The van der Waals surface area contributed by atoms with E-state index in [0.29, 0.717) is 28.1 Å². The van der Waals surface area contributed by atoms with Crippen LogP contribution in [0.5, 0.6) is 0 Å². The van der Waals surface area contributed by atoms with Crippen LogP contribution in [-0.2, 0) is 35.5 Å². The summed E-state index contributed by atoms with van der Waals surface area (Å²) in [5.41, 5.74) is 2.65. The number of ether oxygens (including phenoxy) is 1. The molecule has 4 aromatic rings. The van der Waals surface area contributed by atoms with Gasteiger partial charge in [0.05, 0.1) is 31.0 Å². The van der Waals surface area contributed by atoms with Crippen LogP contribution >= 0.6 is 23.1 Å². The van der Waals surface area contributed by atoms with Crippen LogP contribution in [0.1, 0.15) is 62.3 Å². The Labute approximate surface area is 250 Å². The second kappa shape index (κ2) is 13.8. The van der Waals surface area contributed by atoms with Gasteiger partial charge in [-0.1, -0.05) is 48.2 Å². The smallest absolute Gasteiger partial charge is 0.341 e. The van der Waals surface area contributed by atoms with Crippen LogP contribution in [0.2, 0.25) is 0 Å². The number of esters is 1. The highest BCUT2D eigenvalue weighted by atomic mass is 32.2. The van der Waals surface area contributed by atoms with E-state index >= 15 is 0 Å². The summed E-state index contributed by atoms with van der Waals surface area (Å²) in [6, 6.07) is 15.1. The first kappa shape index (κ1) is 29.5. The van der Waals surface area contributed by atoms with Crippen LogP contribution in [0.15, 0.2) is 59.8 Å². The summed E-state index contributed by atoms with van der Waals surface area (Å²) >= 11 is 2.65. The maximum absolute atomic E-state index is 13.6. The van der Waals surface area contributed by atoms with Gasteiger partial charge >= 0.3 is 5.97 Å². The van der Waals surface area contributed by atoms with Crippen molar-refractivity contribution in [3.8, 4) is 0 Å². The average Bonchev–Trinajstić information content (AvgIpc) is 3.55. The SMILES string of the molecule is CCOC(=O)c1c(NC(=O)CSc2nnc(CNC(=O)c3cccc(F)c3)n2Cc2ccccc2)sc2c1CCCC2. The molecule has 12 heteroatoms. The monoisotopic (exact) mass is 607 g/mol. The Morgan fingerprint density at radius 3 is 2.67 bits per heavy atom. The second-order valence-electron chi connectivity index (χ2n) is 9.64. The third-order valence-corrected chi connectivity index (χ3v) is 8.88. The molecule has 0 atom stereocenters. The van der Waals surface area contributed by atoms with Crippen LogP contribution in [0.25, 0.3) is 0 Å². The summed E-state index contributed by atoms with van der Waals surface area (Å²) in [6.45, 7) is 2.51. The standard InChI is InChI=1S/C30H30FN5O4S2/c1-2-40-29(39)26-22-13-6-7-14-23(22)42-28(26)33-25(37)18-41-30-35-34-24(36(30)17-19-9-4-3-5-10-19)16-32-27(38)20-11-8-12-21(31)15-20/h3-5,8-12,15H,2,6-7,13-14,16-18H2,1H3,(H,32,38)(H,33,37). The highest BCUT2D eigenvalue weighted by Gasteiger charge is 2.27. The van der Waals surface area contributed by atoms with Gasteiger partial charge in [-0.2, -0.15) is 0 Å². The number of thiophene rings is 1. The van der Waals surface area contributed by atoms with Gasteiger partial charge in [0.2, 0.25) is 5.91 Å². The molecule has 0 saturated carbocycles. The fourth-order valence-corrected chi connectivity index (χ4v) is 6.79. The molecular formula is C30H30FN5O4S2. The molecule has 2 heterocycles. The van der Waals surface area contributed by atoms with E-state index in [1.54, 1.807) is 6.92 Å². The molecule has 0 unspecified atom stereocenters. The summed E-state index contributed by atoms with van der Waals surface area (Å²) in [5.74, 6) is -1.10. The Kier molecular flexibility index (Phi) is 9.65. The summed E-state index contributed by atoms with van der Waals surface area (Å²) in [4.78, 5) is 39.6. The van der Waals surface area contributed by atoms with Gasteiger partial charge in [0, 0.05) is 10.4 Å². The minimum atomic E-state index is -0.496. The fraction of sp³-hybridized carbons (Fsp3) is 0.300. The van der Waals surface area contributed by atoms with Crippen molar-refractivity contribution in [2.75, 3.05) is 17.7 Å². The molecule has 5 rings (SSSR count). The van der Waals surface area contributed by atoms with Gasteiger partial charge in [-0.25, -0.2) is 9.18 Å². The van der Waals surface area contributed by atoms with E-state index in [1.807, 2.05) is 34.9 Å². The number of carbonyl (C=O) groups excluding carboxylic acids is 3. The zero-order valence-corrected chi connectivity index (χ0v) is 24.7. The van der Waals surface area contributed by atoms with Gasteiger partial charge in [0.15, 0.2) is 11.0 Å². The zero-order valence-electron chi connectivity index (χ0n) is 23.0. The molecule has 0 spiro atoms. The second-order valence-corrected chi connectivity index (χ2v) is 11.7. The van der Waals surface area contributed by atoms with Gasteiger partial charge in [0.1, 0.15) is 10.8 Å². The first-order chi connectivity index (χ1) is 20.4. The number of amides is 2. The van der Waals surface area contributed by atoms with Gasteiger partial charge in [-0.3, -0.25) is 9.59 Å². The molecule has 1 aliphatic carbocycles. The van der Waals surface area contributed by atoms with Crippen molar-refractivity contribution in [3.63, 3.8) is 0 Å². The topological polar surface area (TPSA) is 115 Å². The molecule has 0 aliphatic heterocycles. The van der Waals surface area contributed by atoms with Crippen molar-refractivity contribution in [3.05, 3.63) is 93.4 Å². The molecule has 2 N–H and O–H groups in total. The number of fused-ring (bicyclic) bond motifs is 1. The van der Waals surface area contributed by atoms with Crippen LogP contribution in [0, 0.1) is 5.82 Å². The predicted octanol–water partition coefficient (Wildman–Crippen LogP) is 5.24. The molecule has 0 radical (unpaired) electrons. The molecule has 9 nitrogen and oxygen atoms in total. The maximum atomic E-state index is 13.6. The van der Waals surface area contributed by atoms with Crippen molar-refractivity contribution in [2.45, 2.75) is 50.9 Å². The van der Waals surface area contributed by atoms with Crippen LogP contribution < -0.4 is 10.6 Å². The first-order valence-corrected chi connectivity index (χ1v) is 15.5. The molecule has 2 amide bonds. The lowest BCUT2D eigenvalue weighted by Gasteiger charge is -2.12. The van der Waals surface area contributed by atoms with E-state index in [9.17, 15) is 18.8 Å². The Bertz CT molecular complexity index is 1590. The normalized spacial score (nSPS) is 12.4. The third kappa shape index (κ3) is 7.05. The number of thioether (sulfide) groups is 1. The largest absolute Gasteiger partial charge is 0.462 e. The fourth-order valence-electron chi connectivity index (χ4n) is 4.74. The van der Waals surface area contributed by atoms with Gasteiger partial charge in [-0.15, -0.1) is 21.5 Å². The number of nitrogens with zero attached hydrogens (tertiary/aromatic N) is 3. The van der Waals surface area contributed by atoms with E-state index in [2.05, 4.69) is 20.8 Å². The number of carbonyl (C=O) groups is 3. The van der Waals surface area contributed by atoms with Crippen molar-refractivity contribution >= 4 is 45.9 Å². The van der Waals surface area contributed by atoms with E-state index in [4.69, 9.17) is 4.74 Å². The molecule has 0 fully saturated rings. The lowest BCUT2D eigenvalue weighted by atomic mass is 9.95. The molecule has 2 aromatic carbocycles. The molecule has 1 aliphatic rings. The van der Waals surface area contributed by atoms with Crippen molar-refractivity contribution in [2.24, 2.45) is 0 Å². The van der Waals surface area contributed by atoms with E-state index in [0.717, 1.165) is 41.7 Å². The van der Waals surface area contributed by atoms with E-state index in [1.165, 1.54) is 47.4 Å². The summed E-state index contributed by atoms with van der Waals surface area (Å²) in [7, 11) is 0. The van der Waals surface area contributed by atoms with Gasteiger partial charge in [0.25, 0.3) is 5.91 Å². The van der Waals surface area contributed by atoms with E-state index in [-0.39, 0.29) is 30.4 Å². The van der Waals surface area contributed by atoms with Crippen LogP contribution in [0.4, 0.5) is 9.39 Å². The average molecular weight is 608 g/mol. The van der Waals surface area contributed by atoms with Gasteiger partial charge in [-0.05, 0) is 61.9 Å². The molecule has 42 heavy (non-hydrogen) atoms. The number of aryl methyl sites for hydroxylation is 1. The molecule has 2 aromatic heterocycles. The highest BCUT2D eigenvalue weighted by molar-refractivity contribution is 7.99. The van der Waals surface area contributed by atoms with Crippen LogP contribution in [0.3, 0.4) is 0 Å². The predicted molar refractivity (Wildman–Crippen MR) is 159 cm³/mol. The van der Waals surface area contributed by atoms with Crippen molar-refractivity contribution < 1.29 is 23.5 Å². The number of benzene rings is 2. The van der Waals surface area contributed by atoms with E-state index < -0.39 is 17.7 Å². The highest BCUT2D eigenvalue weighted by Crippen LogP contribution is 2.38. The number of halogens is 1. The number of nitrogens with one attached hydrogen (secondary N) is 2. The van der Waals surface area contributed by atoms with Gasteiger partial charge < -0.3 is 19.9 Å². The molecular weight excluding hydrogens is 577 g/mol. The quantitative estimate of drug-likeness (QED) is 0.177. The molecule has 0 saturated heterocycles. The number of hydrogen-bond donors (Lipinski definition) is 2. The Morgan fingerprint density at radius 2 is 1.88 bits per heavy atom. The van der Waals surface area contributed by atoms with Crippen LogP contribution in [-0.4, -0.2) is 44.9 Å². The lowest BCUT2D eigenvalue weighted by Crippen LogP contribution is -2.25. The number of aromatic nitrogens is 3. The summed E-state index contributed by atoms with van der Waals surface area (Å²) < 4.78 is 20.7. The first-order valence-electron chi connectivity index (χ1n) is 13.7. The number of anilines is 1. The maximum Gasteiger partial charge on any atom is 0.341 e. The third-order valence-electron chi connectivity index (χ3n) is 6.71.